The molecule has 1 aromatic carbocycles. The number of hydrogen-bond acceptors (Lipinski definition) is 2. The van der Waals surface area contributed by atoms with Crippen molar-refractivity contribution in [1.29, 1.82) is 0 Å². The van der Waals surface area contributed by atoms with Crippen molar-refractivity contribution in [3.8, 4) is 0 Å². The molecule has 1 unspecified atom stereocenters. The molecule has 0 saturated carbocycles. The molecule has 0 fully saturated rings. The number of halogens is 7. The highest BCUT2D eigenvalue weighted by molar-refractivity contribution is 8.45. The smallest absolute Gasteiger partial charge is 0.310 e. The minimum atomic E-state index is -9.88. The third-order valence-electron chi connectivity index (χ3n) is 4.61. The van der Waals surface area contributed by atoms with Gasteiger partial charge in [0, 0.05) is 23.3 Å². The van der Waals surface area contributed by atoms with E-state index in [0.29, 0.717) is 5.57 Å². The highest BCUT2D eigenvalue weighted by Crippen LogP contribution is 3.02. The molecule has 158 valence electrons. The Morgan fingerprint density at radius 1 is 1.24 bits per heavy atom. The Bertz CT molecular complexity index is 1030. The fourth-order valence-electron chi connectivity index (χ4n) is 3.05. The molecule has 0 spiro atoms. The molecule has 2 aromatic rings. The number of rotatable bonds is 4. The van der Waals surface area contributed by atoms with Crippen molar-refractivity contribution >= 4 is 33.3 Å². The van der Waals surface area contributed by atoms with E-state index in [1.807, 2.05) is 0 Å². The maximum Gasteiger partial charge on any atom is 0.310 e. The molecular weight excluding hydrogens is 442 g/mol. The van der Waals surface area contributed by atoms with Gasteiger partial charge in [-0.25, -0.2) is 4.39 Å². The summed E-state index contributed by atoms with van der Waals surface area (Å²) in [5.74, 6) is -1.04. The van der Waals surface area contributed by atoms with E-state index in [9.17, 15) is 24.2 Å². The minimum absolute atomic E-state index is 0.0381. The molecule has 1 amide bonds. The van der Waals surface area contributed by atoms with Gasteiger partial charge in [0.2, 0.25) is 5.67 Å². The van der Waals surface area contributed by atoms with E-state index < -0.39 is 38.3 Å². The molecule has 1 aliphatic carbocycles. The second-order valence-electron chi connectivity index (χ2n) is 6.71. The average molecular weight is 457 g/mol. The van der Waals surface area contributed by atoms with Gasteiger partial charge in [0.1, 0.15) is 4.90 Å². The number of nitrogens with one attached hydrogen (secondary N) is 1. The van der Waals surface area contributed by atoms with Crippen LogP contribution in [-0.4, -0.2) is 10.9 Å². The first-order chi connectivity index (χ1) is 13.1. The normalized spacial score (nSPS) is 21.7. The number of hydrogen-bond donors (Lipinski definition) is 1. The number of aromatic nitrogens is 1. The molecule has 1 heterocycles. The zero-order valence-electron chi connectivity index (χ0n) is 14.7. The number of amides is 1. The molecule has 1 N–H and O–H groups in total. The summed E-state index contributed by atoms with van der Waals surface area (Å²) in [4.78, 5) is 14.4. The first-order valence-corrected chi connectivity index (χ1v) is 10.6. The van der Waals surface area contributed by atoms with Gasteiger partial charge in [0.15, 0.2) is 0 Å². The van der Waals surface area contributed by atoms with Crippen molar-refractivity contribution in [3.05, 3.63) is 65.0 Å². The maximum absolute atomic E-state index is 15.5. The fourth-order valence-corrected chi connectivity index (χ4v) is 4.02. The molecule has 0 bridgehead atoms. The topological polar surface area (TPSA) is 42.0 Å². The van der Waals surface area contributed by atoms with E-state index in [-0.39, 0.29) is 41.8 Å². The summed E-state index contributed by atoms with van der Waals surface area (Å²) in [5, 5.41) is 1.65. The van der Waals surface area contributed by atoms with Crippen molar-refractivity contribution in [1.82, 2.24) is 10.3 Å². The third-order valence-corrected chi connectivity index (χ3v) is 6.11. The molecule has 29 heavy (non-hydrogen) atoms. The number of fused-ring (bicyclic) bond motifs is 1. The molecular formula is C18H15ClF6N2OS. The highest BCUT2D eigenvalue weighted by atomic mass is 35.5. The van der Waals surface area contributed by atoms with Crippen LogP contribution in [0, 0.1) is 0 Å². The van der Waals surface area contributed by atoms with Crippen LogP contribution in [0.15, 0.2) is 48.0 Å². The lowest BCUT2D eigenvalue weighted by atomic mass is 9.80. The van der Waals surface area contributed by atoms with E-state index in [1.54, 1.807) is 0 Å². The Morgan fingerprint density at radius 3 is 2.55 bits per heavy atom. The molecule has 1 aliphatic rings. The number of carbonyl (C=O) groups is 1. The third kappa shape index (κ3) is 4.23. The Labute approximate surface area is 167 Å². The summed E-state index contributed by atoms with van der Waals surface area (Å²) in [5.41, 5.74) is -1.59. The van der Waals surface area contributed by atoms with Crippen molar-refractivity contribution in [2.24, 2.45) is 0 Å². The van der Waals surface area contributed by atoms with Crippen molar-refractivity contribution in [3.63, 3.8) is 0 Å². The lowest BCUT2D eigenvalue weighted by Gasteiger charge is -2.40. The molecule has 0 radical (unpaired) electrons. The summed E-state index contributed by atoms with van der Waals surface area (Å²) < 4.78 is 79.7. The number of benzene rings is 1. The van der Waals surface area contributed by atoms with Crippen LogP contribution < -0.4 is 5.32 Å². The zero-order chi connectivity index (χ0) is 21.7. The number of allylic oxidation sites excluding steroid dienone is 1. The zero-order valence-corrected chi connectivity index (χ0v) is 16.3. The Morgan fingerprint density at radius 2 is 1.93 bits per heavy atom. The summed E-state index contributed by atoms with van der Waals surface area (Å²) in [7, 11) is -9.88. The van der Waals surface area contributed by atoms with Crippen LogP contribution in [0.2, 0.25) is 5.02 Å². The lowest BCUT2D eigenvalue weighted by molar-refractivity contribution is -0.134. The second kappa shape index (κ2) is 6.15. The van der Waals surface area contributed by atoms with Gasteiger partial charge in [-0.3, -0.25) is 9.78 Å². The molecule has 1 aromatic heterocycles. The molecule has 3 rings (SSSR count). The molecule has 0 aliphatic heterocycles. The summed E-state index contributed by atoms with van der Waals surface area (Å²) in [6.45, 7) is 3.35. The lowest BCUT2D eigenvalue weighted by Crippen LogP contribution is -2.43. The van der Waals surface area contributed by atoms with Crippen molar-refractivity contribution in [2.45, 2.75) is 30.0 Å². The van der Waals surface area contributed by atoms with Gasteiger partial charge in [-0.05, 0) is 42.2 Å². The van der Waals surface area contributed by atoms with E-state index >= 15 is 4.39 Å². The Balaban J connectivity index is 1.82. The molecule has 1 atom stereocenters. The van der Waals surface area contributed by atoms with E-state index in [1.165, 1.54) is 18.3 Å². The van der Waals surface area contributed by atoms with Gasteiger partial charge >= 0.3 is 10.2 Å². The second-order valence-corrected chi connectivity index (χ2v) is 9.53. The van der Waals surface area contributed by atoms with Crippen LogP contribution >= 0.6 is 21.8 Å². The predicted octanol–water partition coefficient (Wildman–Crippen LogP) is 6.68. The van der Waals surface area contributed by atoms with Crippen LogP contribution in [0.25, 0.3) is 5.57 Å². The average Bonchev–Trinajstić information content (AvgIpc) is 2.62. The van der Waals surface area contributed by atoms with Gasteiger partial charge in [-0.1, -0.05) is 49.7 Å². The molecule has 3 nitrogen and oxygen atoms in total. The van der Waals surface area contributed by atoms with Gasteiger partial charge in [-0.15, -0.1) is 0 Å². The minimum Gasteiger partial charge on any atom is -0.349 e. The summed E-state index contributed by atoms with van der Waals surface area (Å²) in [6.07, 6.45) is 1.44. The fraction of sp³-hybridized carbons (Fsp3) is 0.222. The molecule has 0 saturated heterocycles. The largest absolute Gasteiger partial charge is 0.349 e. The number of alkyl halides is 1. The SMILES string of the molecule is C=C1CCC(F)(C(=O)NCc2ccc(S(F)(F)(F)(F)F)cc2Cl)c2cccnc21. The summed E-state index contributed by atoms with van der Waals surface area (Å²) >= 11 is 5.68. The monoisotopic (exact) mass is 456 g/mol. The van der Waals surface area contributed by atoms with E-state index in [2.05, 4.69) is 16.9 Å². The van der Waals surface area contributed by atoms with Gasteiger partial charge in [0.25, 0.3) is 5.91 Å². The van der Waals surface area contributed by atoms with Crippen LogP contribution in [0.5, 0.6) is 0 Å². The van der Waals surface area contributed by atoms with Crippen LogP contribution in [0.4, 0.5) is 23.8 Å². The van der Waals surface area contributed by atoms with Gasteiger partial charge in [-0.2, -0.15) is 0 Å². The first-order valence-electron chi connectivity index (χ1n) is 8.25. The Hall–Kier alpha value is -2.20. The maximum atomic E-state index is 15.5. The number of pyridine rings is 1. The van der Waals surface area contributed by atoms with Gasteiger partial charge < -0.3 is 5.32 Å². The number of carbonyl (C=O) groups excluding carboxylic acids is 1. The van der Waals surface area contributed by atoms with E-state index in [0.717, 1.165) is 6.07 Å². The van der Waals surface area contributed by atoms with Crippen molar-refractivity contribution < 1.29 is 28.6 Å². The number of nitrogens with zero attached hydrogens (tertiary/aromatic N) is 1. The van der Waals surface area contributed by atoms with Crippen LogP contribution in [0.3, 0.4) is 0 Å². The predicted molar refractivity (Wildman–Crippen MR) is 100.0 cm³/mol. The highest BCUT2D eigenvalue weighted by Gasteiger charge is 2.65. The Kier molecular flexibility index (Phi) is 4.56. The standard InChI is InChI=1S/C18H15ClF6N2OS/c1-11-6-7-18(20,14-3-2-8-26-16(11)14)17(28)27-10-12-4-5-13(9-15(12)19)29(21,22,23,24)25/h2-5,8-9H,1,6-7,10H2,(H,27,28). The quantitative estimate of drug-likeness (QED) is 0.521. The van der Waals surface area contributed by atoms with Crippen molar-refractivity contribution in [2.75, 3.05) is 0 Å². The molecule has 11 heteroatoms. The van der Waals surface area contributed by atoms with Crippen LogP contribution in [-0.2, 0) is 17.0 Å². The van der Waals surface area contributed by atoms with Gasteiger partial charge in [0.05, 0.1) is 5.69 Å². The summed E-state index contributed by atoms with van der Waals surface area (Å²) in [6, 6.07) is 3.87. The first kappa shape index (κ1) is 21.5. The van der Waals surface area contributed by atoms with Crippen LogP contribution in [0.1, 0.15) is 29.7 Å². The van der Waals surface area contributed by atoms with E-state index in [4.69, 9.17) is 11.6 Å².